The lowest BCUT2D eigenvalue weighted by Gasteiger charge is -1.99. The van der Waals surface area contributed by atoms with E-state index in [2.05, 4.69) is 22.5 Å². The molecule has 0 bridgehead atoms. The van der Waals surface area contributed by atoms with Crippen molar-refractivity contribution in [3.63, 3.8) is 0 Å². The lowest BCUT2D eigenvalue weighted by Crippen LogP contribution is -2.05. The van der Waals surface area contributed by atoms with E-state index in [1.165, 1.54) is 44.9 Å². The topological polar surface area (TPSA) is 60.8 Å². The molecule has 0 aliphatic rings. The highest BCUT2D eigenvalue weighted by atomic mass is 15.4. The summed E-state index contributed by atoms with van der Waals surface area (Å²) in [5.41, 5.74) is 10.6. The zero-order chi connectivity index (χ0) is 10.5. The van der Waals surface area contributed by atoms with Crippen molar-refractivity contribution in [3.05, 3.63) is 10.4 Å². The Labute approximate surface area is 86.7 Å². The average molecular weight is 198 g/mol. The summed E-state index contributed by atoms with van der Waals surface area (Å²) in [6, 6.07) is 0. The van der Waals surface area contributed by atoms with Crippen molar-refractivity contribution in [1.29, 1.82) is 0 Å². The van der Waals surface area contributed by atoms with Gasteiger partial charge in [0.25, 0.3) is 0 Å². The maximum atomic E-state index is 7.99. The van der Waals surface area contributed by atoms with Crippen LogP contribution in [0.2, 0.25) is 0 Å². The van der Waals surface area contributed by atoms with E-state index in [0.29, 0.717) is 0 Å². The van der Waals surface area contributed by atoms with Gasteiger partial charge in [-0.2, -0.15) is 4.91 Å². The van der Waals surface area contributed by atoms with Crippen molar-refractivity contribution >= 4 is 0 Å². The fourth-order valence-corrected chi connectivity index (χ4v) is 1.42. The molecule has 0 fully saturated rings. The quantitative estimate of drug-likeness (QED) is 0.187. The molecule has 0 amide bonds. The monoisotopic (exact) mass is 198 g/mol. The second kappa shape index (κ2) is 12.1. The first-order chi connectivity index (χ1) is 6.91. The van der Waals surface area contributed by atoms with Crippen LogP contribution in [-0.2, 0) is 0 Å². The van der Waals surface area contributed by atoms with Crippen molar-refractivity contribution in [3.8, 4) is 0 Å². The number of azide groups is 1. The molecule has 0 aromatic rings. The lowest BCUT2D eigenvalue weighted by atomic mass is 10.1. The average Bonchev–Trinajstić information content (AvgIpc) is 2.21. The fourth-order valence-electron chi connectivity index (χ4n) is 1.42. The van der Waals surface area contributed by atoms with E-state index in [4.69, 9.17) is 5.53 Å². The zero-order valence-corrected chi connectivity index (χ0v) is 9.21. The van der Waals surface area contributed by atoms with Crippen molar-refractivity contribution < 1.29 is 0 Å². The predicted octanol–water partition coefficient (Wildman–Crippen LogP) is 3.94. The minimum atomic E-state index is 0.805. The molecule has 0 aromatic carbocycles. The Balaban J connectivity index is 2.88. The van der Waals surface area contributed by atoms with Crippen molar-refractivity contribution in [2.75, 3.05) is 6.54 Å². The summed E-state index contributed by atoms with van der Waals surface area (Å²) < 4.78 is 0. The van der Waals surface area contributed by atoms with Gasteiger partial charge < -0.3 is 0 Å². The molecule has 0 heterocycles. The predicted molar refractivity (Wildman–Crippen MR) is 59.8 cm³/mol. The molecule has 0 atom stereocenters. The number of hydrogen-bond donors (Lipinski definition) is 1. The van der Waals surface area contributed by atoms with Gasteiger partial charge in [0.05, 0.1) is 6.54 Å². The third-order valence-electron chi connectivity index (χ3n) is 2.26. The van der Waals surface area contributed by atoms with Gasteiger partial charge in [0, 0.05) is 0 Å². The Morgan fingerprint density at radius 2 is 1.57 bits per heavy atom. The lowest BCUT2D eigenvalue weighted by molar-refractivity contribution is 0.560. The molecule has 0 aromatic heterocycles. The minimum absolute atomic E-state index is 0.805. The van der Waals surface area contributed by atoms with Crippen LogP contribution in [0.5, 0.6) is 0 Å². The third-order valence-corrected chi connectivity index (χ3v) is 2.26. The summed E-state index contributed by atoms with van der Waals surface area (Å²) >= 11 is 0. The number of rotatable bonds is 10. The first-order valence-electron chi connectivity index (χ1n) is 5.68. The Morgan fingerprint density at radius 3 is 2.14 bits per heavy atom. The zero-order valence-electron chi connectivity index (χ0n) is 9.21. The molecule has 0 aliphatic carbocycles. The van der Waals surface area contributed by atoms with Crippen LogP contribution in [0.4, 0.5) is 0 Å². The molecular weight excluding hydrogens is 176 g/mol. The molecule has 0 unspecified atom stereocenters. The van der Waals surface area contributed by atoms with E-state index in [-0.39, 0.29) is 0 Å². The van der Waals surface area contributed by atoms with Crippen LogP contribution in [0.15, 0.2) is 5.22 Å². The van der Waals surface area contributed by atoms with Crippen molar-refractivity contribution in [2.45, 2.75) is 58.3 Å². The van der Waals surface area contributed by atoms with Gasteiger partial charge in [0.15, 0.2) is 0 Å². The Bertz CT molecular complexity index is 152. The van der Waals surface area contributed by atoms with Gasteiger partial charge in [0.1, 0.15) is 0 Å². The SMILES string of the molecule is CCCCCCCCCCNN=[N+]=[N-]. The second-order valence-electron chi connectivity index (χ2n) is 3.57. The summed E-state index contributed by atoms with van der Waals surface area (Å²) in [5, 5.41) is 3.26. The highest BCUT2D eigenvalue weighted by Gasteiger charge is 1.91. The molecule has 0 radical (unpaired) electrons. The normalized spacial score (nSPS) is 9.50. The van der Waals surface area contributed by atoms with Crippen LogP contribution in [0, 0.1) is 0 Å². The summed E-state index contributed by atoms with van der Waals surface area (Å²) in [5.74, 6) is 0. The van der Waals surface area contributed by atoms with Gasteiger partial charge in [-0.25, -0.2) is 0 Å². The van der Waals surface area contributed by atoms with Crippen LogP contribution in [0.1, 0.15) is 58.3 Å². The minimum Gasteiger partial charge on any atom is -0.261 e. The third kappa shape index (κ3) is 11.1. The highest BCUT2D eigenvalue weighted by Crippen LogP contribution is 2.07. The molecule has 4 heteroatoms. The largest absolute Gasteiger partial charge is 0.261 e. The fraction of sp³-hybridized carbons (Fsp3) is 1.00. The standard InChI is InChI=1S/C10H22N4/c1-2-3-4-5-6-7-8-9-10-12-14-13-11/h12H,2-10H2,1H3. The maximum absolute atomic E-state index is 7.99. The van der Waals surface area contributed by atoms with Crippen LogP contribution in [0.25, 0.3) is 10.4 Å². The van der Waals surface area contributed by atoms with E-state index in [1.807, 2.05) is 0 Å². The van der Waals surface area contributed by atoms with E-state index < -0.39 is 0 Å². The number of unbranched alkanes of at least 4 members (excludes halogenated alkanes) is 7. The first-order valence-corrected chi connectivity index (χ1v) is 5.68. The van der Waals surface area contributed by atoms with Gasteiger partial charge in [-0.3, -0.25) is 5.43 Å². The number of nitrogens with one attached hydrogen (secondary N) is 1. The van der Waals surface area contributed by atoms with Gasteiger partial charge >= 0.3 is 0 Å². The second-order valence-corrected chi connectivity index (χ2v) is 3.57. The molecular formula is C10H22N4. The number of hydrogen-bond acceptors (Lipinski definition) is 1. The molecule has 14 heavy (non-hydrogen) atoms. The van der Waals surface area contributed by atoms with E-state index >= 15 is 0 Å². The molecule has 1 N–H and O–H groups in total. The molecule has 0 saturated heterocycles. The van der Waals surface area contributed by atoms with Gasteiger partial charge in [-0.1, -0.05) is 45.4 Å². The van der Waals surface area contributed by atoms with Gasteiger partial charge in [-0.05, 0) is 18.1 Å². The van der Waals surface area contributed by atoms with Gasteiger partial charge in [0.2, 0.25) is 0 Å². The van der Waals surface area contributed by atoms with Crippen LogP contribution >= 0.6 is 0 Å². The van der Waals surface area contributed by atoms with Crippen molar-refractivity contribution in [1.82, 2.24) is 5.43 Å². The Kier molecular flexibility index (Phi) is 11.3. The maximum Gasteiger partial charge on any atom is 0.0859 e. The van der Waals surface area contributed by atoms with Crippen LogP contribution < -0.4 is 5.43 Å². The summed E-state index contributed by atoms with van der Waals surface area (Å²) in [4.78, 5) is 2.62. The Hall–Kier alpha value is -0.890. The molecule has 0 spiro atoms. The summed E-state index contributed by atoms with van der Waals surface area (Å²) in [6.45, 7) is 3.04. The molecule has 4 nitrogen and oxygen atoms in total. The number of nitrogens with zero attached hydrogens (tertiary/aromatic N) is 3. The first kappa shape index (κ1) is 13.1. The smallest absolute Gasteiger partial charge is 0.0859 e. The van der Waals surface area contributed by atoms with Crippen LogP contribution in [-0.4, -0.2) is 6.54 Å². The molecule has 0 rings (SSSR count). The molecule has 0 saturated carbocycles. The summed E-state index contributed by atoms with van der Waals surface area (Å²) in [7, 11) is 0. The van der Waals surface area contributed by atoms with E-state index in [0.717, 1.165) is 13.0 Å². The van der Waals surface area contributed by atoms with Crippen LogP contribution in [0.3, 0.4) is 0 Å². The molecule has 82 valence electrons. The molecule has 0 aliphatic heterocycles. The van der Waals surface area contributed by atoms with E-state index in [9.17, 15) is 0 Å². The van der Waals surface area contributed by atoms with Crippen molar-refractivity contribution in [2.24, 2.45) is 5.22 Å². The van der Waals surface area contributed by atoms with Gasteiger partial charge in [-0.15, -0.1) is 5.53 Å². The van der Waals surface area contributed by atoms with E-state index in [1.54, 1.807) is 0 Å². The Morgan fingerprint density at radius 1 is 1.00 bits per heavy atom. The summed E-state index contributed by atoms with van der Waals surface area (Å²) in [6.07, 6.45) is 10.4. The highest BCUT2D eigenvalue weighted by molar-refractivity contribution is 4.48.